The molecule has 0 radical (unpaired) electrons. The molecule has 0 spiro atoms. The predicted molar refractivity (Wildman–Crippen MR) is 77.3 cm³/mol. The van der Waals surface area contributed by atoms with E-state index in [1.807, 2.05) is 36.5 Å². The van der Waals surface area contributed by atoms with Crippen molar-refractivity contribution < 1.29 is 0 Å². The number of rotatable bonds is 2. The van der Waals surface area contributed by atoms with E-state index >= 15 is 0 Å². The van der Waals surface area contributed by atoms with E-state index in [0.717, 1.165) is 10.4 Å². The van der Waals surface area contributed by atoms with Crippen LogP contribution in [0.25, 0.3) is 10.4 Å². The largest absolute Gasteiger partial charge is 0.385 e. The van der Waals surface area contributed by atoms with E-state index in [1.54, 1.807) is 6.08 Å². The third-order valence-corrected chi connectivity index (χ3v) is 3.98. The summed E-state index contributed by atoms with van der Waals surface area (Å²) in [6.07, 6.45) is 4.98. The lowest BCUT2D eigenvalue weighted by Gasteiger charge is -2.22. The minimum atomic E-state index is -0.979. The molecule has 0 saturated carbocycles. The quantitative estimate of drug-likeness (QED) is 0.769. The third-order valence-electron chi connectivity index (χ3n) is 2.79. The Bertz CT molecular complexity index is 646. The number of benzene rings is 1. The van der Waals surface area contributed by atoms with Gasteiger partial charge in [0.05, 0.1) is 11.2 Å². The van der Waals surface area contributed by atoms with E-state index in [9.17, 15) is 0 Å². The fraction of sp³-hybridized carbons (Fsp3) is 0.0769. The van der Waals surface area contributed by atoms with Crippen molar-refractivity contribution in [2.75, 3.05) is 0 Å². The molecule has 0 bridgehead atoms. The molecule has 96 valence electrons. The molecule has 1 unspecified atom stereocenters. The van der Waals surface area contributed by atoms with Gasteiger partial charge in [-0.1, -0.05) is 30.3 Å². The van der Waals surface area contributed by atoms with Crippen molar-refractivity contribution in [3.63, 3.8) is 0 Å². The molecular formula is C13H13N5S. The van der Waals surface area contributed by atoms with Gasteiger partial charge in [0, 0.05) is 12.3 Å². The maximum Gasteiger partial charge on any atom is 0.184 e. The lowest BCUT2D eigenvalue weighted by atomic mass is 10.2. The molecule has 2 aromatic rings. The van der Waals surface area contributed by atoms with Gasteiger partial charge < -0.3 is 11.1 Å². The van der Waals surface area contributed by atoms with Crippen LogP contribution in [0.3, 0.4) is 0 Å². The number of aliphatic imine (C=N–C) groups is 1. The number of hydrogen-bond acceptors (Lipinski definition) is 6. The van der Waals surface area contributed by atoms with Crippen molar-refractivity contribution in [2.24, 2.45) is 16.5 Å². The zero-order valence-corrected chi connectivity index (χ0v) is 10.9. The number of nitrogens with one attached hydrogen (secondary N) is 1. The number of nitrogens with zero attached hydrogens (tertiary/aromatic N) is 2. The van der Waals surface area contributed by atoms with Crippen LogP contribution in [0.5, 0.6) is 0 Å². The van der Waals surface area contributed by atoms with Crippen LogP contribution in [0.2, 0.25) is 0 Å². The summed E-state index contributed by atoms with van der Waals surface area (Å²) < 4.78 is 0. The highest BCUT2D eigenvalue weighted by molar-refractivity contribution is 7.15. The van der Waals surface area contributed by atoms with Crippen molar-refractivity contribution in [3.8, 4) is 10.4 Å². The average Bonchev–Trinajstić information content (AvgIpc) is 2.90. The van der Waals surface area contributed by atoms with E-state index in [2.05, 4.69) is 15.3 Å². The number of nitrogens with two attached hydrogens (primary N) is 2. The molecule has 1 aromatic heterocycles. The van der Waals surface area contributed by atoms with Gasteiger partial charge in [-0.05, 0) is 5.56 Å². The van der Waals surface area contributed by atoms with Gasteiger partial charge in [-0.25, -0.2) is 9.98 Å². The monoisotopic (exact) mass is 271 g/mol. The lowest BCUT2D eigenvalue weighted by Crippen LogP contribution is -2.39. The molecule has 5 N–H and O–H groups in total. The minimum absolute atomic E-state index is 0.481. The molecule has 0 saturated heterocycles. The molecular weight excluding hydrogens is 258 g/mol. The molecule has 3 rings (SSSR count). The summed E-state index contributed by atoms with van der Waals surface area (Å²) in [5, 5.41) is 3.50. The summed E-state index contributed by atoms with van der Waals surface area (Å²) in [5.74, 6) is 0.481. The summed E-state index contributed by atoms with van der Waals surface area (Å²) >= 11 is 1.52. The van der Waals surface area contributed by atoms with E-state index in [0.29, 0.717) is 10.8 Å². The molecule has 0 fully saturated rings. The van der Waals surface area contributed by atoms with Crippen molar-refractivity contribution in [2.45, 2.75) is 5.66 Å². The van der Waals surface area contributed by atoms with E-state index < -0.39 is 5.66 Å². The Balaban J connectivity index is 1.98. The smallest absolute Gasteiger partial charge is 0.184 e. The van der Waals surface area contributed by atoms with Crippen LogP contribution in [0.4, 0.5) is 0 Å². The van der Waals surface area contributed by atoms with Gasteiger partial charge in [0.15, 0.2) is 5.66 Å². The molecule has 1 aliphatic heterocycles. The van der Waals surface area contributed by atoms with Crippen LogP contribution in [0, 0.1) is 0 Å². The molecule has 19 heavy (non-hydrogen) atoms. The van der Waals surface area contributed by atoms with Crippen molar-refractivity contribution >= 4 is 17.7 Å². The Kier molecular flexibility index (Phi) is 2.81. The topological polar surface area (TPSA) is 89.3 Å². The predicted octanol–water partition coefficient (Wildman–Crippen LogP) is 1.35. The molecule has 0 aliphatic carbocycles. The van der Waals surface area contributed by atoms with Crippen molar-refractivity contribution in [3.05, 3.63) is 53.4 Å². The second kappa shape index (κ2) is 4.49. The van der Waals surface area contributed by atoms with Crippen LogP contribution in [-0.2, 0) is 5.66 Å². The molecule has 1 aromatic carbocycles. The highest BCUT2D eigenvalue weighted by Gasteiger charge is 2.29. The first-order chi connectivity index (χ1) is 9.17. The Hall–Kier alpha value is -2.18. The van der Waals surface area contributed by atoms with Gasteiger partial charge >= 0.3 is 0 Å². The molecule has 1 aliphatic rings. The second-order valence-electron chi connectivity index (χ2n) is 4.22. The Morgan fingerprint density at radius 3 is 2.74 bits per heavy atom. The maximum atomic E-state index is 6.22. The van der Waals surface area contributed by atoms with Gasteiger partial charge in [0.1, 0.15) is 10.8 Å². The second-order valence-corrected chi connectivity index (χ2v) is 5.25. The average molecular weight is 271 g/mol. The van der Waals surface area contributed by atoms with E-state index in [4.69, 9.17) is 11.5 Å². The fourth-order valence-electron chi connectivity index (χ4n) is 1.84. The highest BCUT2D eigenvalue weighted by atomic mass is 32.1. The van der Waals surface area contributed by atoms with Crippen molar-refractivity contribution in [1.82, 2.24) is 10.3 Å². The molecule has 0 amide bonds. The van der Waals surface area contributed by atoms with Crippen LogP contribution < -0.4 is 16.8 Å². The summed E-state index contributed by atoms with van der Waals surface area (Å²) in [7, 11) is 0. The van der Waals surface area contributed by atoms with Gasteiger partial charge in [0.25, 0.3) is 0 Å². The first kappa shape index (κ1) is 11.9. The Morgan fingerprint density at radius 2 is 2.00 bits per heavy atom. The first-order valence-electron chi connectivity index (χ1n) is 5.76. The fourth-order valence-corrected chi connectivity index (χ4v) is 2.79. The highest BCUT2D eigenvalue weighted by Crippen LogP contribution is 2.32. The van der Waals surface area contributed by atoms with Crippen molar-refractivity contribution in [1.29, 1.82) is 0 Å². The summed E-state index contributed by atoms with van der Waals surface area (Å²) in [6.45, 7) is 0. The molecule has 2 heterocycles. The van der Waals surface area contributed by atoms with E-state index in [-0.39, 0.29) is 0 Å². The maximum absolute atomic E-state index is 6.22. The standard InChI is InChI=1S/C13H13N5S/c14-11-6-13(15,18-8-17-11)12-16-7-10(19-12)9-4-2-1-3-5-9/h1-8H,14-15H2,(H,17,18). The SMILES string of the molecule is NC1=CC(N)(c2ncc(-c3ccccc3)s2)N=CN1. The van der Waals surface area contributed by atoms with Crippen LogP contribution in [-0.4, -0.2) is 11.3 Å². The zero-order chi connectivity index (χ0) is 13.3. The number of thiazole rings is 1. The minimum Gasteiger partial charge on any atom is -0.385 e. The van der Waals surface area contributed by atoms with Gasteiger partial charge in [-0.15, -0.1) is 11.3 Å². The van der Waals surface area contributed by atoms with E-state index in [1.165, 1.54) is 17.7 Å². The van der Waals surface area contributed by atoms with Gasteiger partial charge in [-0.2, -0.15) is 0 Å². The summed E-state index contributed by atoms with van der Waals surface area (Å²) in [6, 6.07) is 10.0. The summed E-state index contributed by atoms with van der Waals surface area (Å²) in [5.41, 5.74) is 12.1. The van der Waals surface area contributed by atoms with Crippen LogP contribution in [0.1, 0.15) is 5.01 Å². The molecule has 6 heteroatoms. The van der Waals surface area contributed by atoms with Gasteiger partial charge in [0.2, 0.25) is 0 Å². The Morgan fingerprint density at radius 1 is 1.21 bits per heavy atom. The van der Waals surface area contributed by atoms with Crippen LogP contribution >= 0.6 is 11.3 Å². The van der Waals surface area contributed by atoms with Crippen LogP contribution in [0.15, 0.2) is 53.4 Å². The zero-order valence-electron chi connectivity index (χ0n) is 10.1. The lowest BCUT2D eigenvalue weighted by molar-refractivity contribution is 0.574. The Labute approximate surface area is 114 Å². The summed E-state index contributed by atoms with van der Waals surface area (Å²) in [4.78, 5) is 9.65. The number of aromatic nitrogens is 1. The third kappa shape index (κ3) is 2.23. The normalized spacial score (nSPS) is 21.8. The molecule has 1 atom stereocenters. The molecule has 5 nitrogen and oxygen atoms in total. The van der Waals surface area contributed by atoms with Gasteiger partial charge in [-0.3, -0.25) is 5.73 Å². The number of hydrogen-bond donors (Lipinski definition) is 3. The first-order valence-corrected chi connectivity index (χ1v) is 6.58.